The minimum atomic E-state index is -0.569. The van der Waals surface area contributed by atoms with Crippen LogP contribution in [0, 0.1) is 5.95 Å². The molecule has 0 unspecified atom stereocenters. The maximum absolute atomic E-state index is 13.5. The third-order valence-corrected chi connectivity index (χ3v) is 4.72. The molecule has 3 aromatic heterocycles. The summed E-state index contributed by atoms with van der Waals surface area (Å²) in [5.74, 6) is 0.242. The van der Waals surface area contributed by atoms with Crippen molar-refractivity contribution in [2.45, 2.75) is 37.8 Å². The van der Waals surface area contributed by atoms with Gasteiger partial charge >= 0.3 is 0 Å². The third kappa shape index (κ3) is 3.28. The monoisotopic (exact) mass is 354 g/mol. The van der Waals surface area contributed by atoms with Crippen LogP contribution in [0.3, 0.4) is 0 Å². The summed E-state index contributed by atoms with van der Waals surface area (Å²) in [5, 5.41) is 13.6. The van der Waals surface area contributed by atoms with Crippen molar-refractivity contribution in [2.24, 2.45) is 0 Å². The molecule has 0 atom stereocenters. The van der Waals surface area contributed by atoms with Gasteiger partial charge in [-0.25, -0.2) is 19.9 Å². The summed E-state index contributed by atoms with van der Waals surface area (Å²) in [4.78, 5) is 16.7. The molecule has 1 saturated carbocycles. The summed E-state index contributed by atoms with van der Waals surface area (Å²) in [5.41, 5.74) is 7.86. The van der Waals surface area contributed by atoms with Gasteiger partial charge in [0.2, 0.25) is 11.9 Å². The number of hydrogen-bond donors (Lipinski definition) is 3. The Labute approximate surface area is 149 Å². The quantitative estimate of drug-likeness (QED) is 0.620. The second-order valence-electron chi connectivity index (χ2n) is 6.53. The lowest BCUT2D eigenvalue weighted by atomic mass is 9.93. The van der Waals surface area contributed by atoms with E-state index in [1.807, 2.05) is 0 Å². The molecule has 0 aliphatic heterocycles. The number of anilines is 2. The number of nitrogen functional groups attached to an aromatic ring is 1. The Bertz CT molecular complexity index is 942. The molecule has 26 heavy (non-hydrogen) atoms. The second-order valence-corrected chi connectivity index (χ2v) is 6.53. The molecule has 1 fully saturated rings. The molecular formula is C18H19FN6O. The van der Waals surface area contributed by atoms with Gasteiger partial charge in [0.15, 0.2) is 0 Å². The number of pyridine rings is 2. The molecule has 3 aromatic rings. The number of aliphatic hydroxyl groups excluding tert-OH is 1. The van der Waals surface area contributed by atoms with E-state index < -0.39 is 5.95 Å². The molecule has 3 heterocycles. The summed E-state index contributed by atoms with van der Waals surface area (Å²) in [7, 11) is 0. The molecule has 4 rings (SSSR count). The van der Waals surface area contributed by atoms with Crippen molar-refractivity contribution >= 4 is 22.7 Å². The highest BCUT2D eigenvalue weighted by molar-refractivity contribution is 5.98. The summed E-state index contributed by atoms with van der Waals surface area (Å²) in [6.45, 7) is 0. The van der Waals surface area contributed by atoms with Gasteiger partial charge in [-0.3, -0.25) is 0 Å². The summed E-state index contributed by atoms with van der Waals surface area (Å²) in [6, 6.07) is 3.26. The maximum atomic E-state index is 13.5. The van der Waals surface area contributed by atoms with Crippen molar-refractivity contribution in [1.82, 2.24) is 19.9 Å². The van der Waals surface area contributed by atoms with Crippen LogP contribution >= 0.6 is 0 Å². The zero-order chi connectivity index (χ0) is 18.1. The average Bonchev–Trinajstić information content (AvgIpc) is 2.64. The fourth-order valence-electron chi connectivity index (χ4n) is 3.29. The van der Waals surface area contributed by atoms with E-state index >= 15 is 0 Å². The van der Waals surface area contributed by atoms with Gasteiger partial charge in [-0.05, 0) is 37.3 Å². The number of nitrogens with two attached hydrogens (primary N) is 1. The number of aliphatic hydroxyl groups is 1. The number of fused-ring (bicyclic) bond motifs is 1. The fourth-order valence-corrected chi connectivity index (χ4v) is 3.29. The molecule has 0 aromatic carbocycles. The standard InChI is InChI=1S/C18H19FN6O/c19-15-7-10(5-6-21-15)13-8-22-17(20)14-9-23-18(25-16(13)14)24-11-1-3-12(26)4-2-11/h5-9,11-12,26H,1-4H2,(H2,20,22)(H,23,24,25). The van der Waals surface area contributed by atoms with Gasteiger partial charge in [-0.1, -0.05) is 0 Å². The van der Waals surface area contributed by atoms with Crippen LogP contribution in [0.15, 0.2) is 30.7 Å². The van der Waals surface area contributed by atoms with Gasteiger partial charge < -0.3 is 16.2 Å². The largest absolute Gasteiger partial charge is 0.393 e. The molecule has 1 aliphatic rings. The van der Waals surface area contributed by atoms with E-state index in [2.05, 4.69) is 25.3 Å². The molecular weight excluding hydrogens is 335 g/mol. The minimum absolute atomic E-state index is 0.218. The predicted octanol–water partition coefficient (Wildman–Crippen LogP) is 2.52. The minimum Gasteiger partial charge on any atom is -0.393 e. The Morgan fingerprint density at radius 3 is 2.69 bits per heavy atom. The molecule has 4 N–H and O–H groups in total. The highest BCUT2D eigenvalue weighted by atomic mass is 19.1. The SMILES string of the molecule is Nc1ncc(-c2ccnc(F)c2)c2nc(NC3CCC(O)CC3)ncc12. The van der Waals surface area contributed by atoms with Crippen LogP contribution in [-0.2, 0) is 0 Å². The van der Waals surface area contributed by atoms with E-state index in [1.54, 1.807) is 18.5 Å². The maximum Gasteiger partial charge on any atom is 0.223 e. The molecule has 0 bridgehead atoms. The lowest BCUT2D eigenvalue weighted by Gasteiger charge is -2.26. The third-order valence-electron chi connectivity index (χ3n) is 4.72. The lowest BCUT2D eigenvalue weighted by molar-refractivity contribution is 0.126. The predicted molar refractivity (Wildman–Crippen MR) is 96.8 cm³/mol. The molecule has 7 nitrogen and oxygen atoms in total. The topological polar surface area (TPSA) is 110 Å². The van der Waals surface area contributed by atoms with E-state index in [0.29, 0.717) is 33.8 Å². The average molecular weight is 354 g/mol. The van der Waals surface area contributed by atoms with Crippen LogP contribution in [-0.4, -0.2) is 37.2 Å². The van der Waals surface area contributed by atoms with Crippen molar-refractivity contribution in [3.05, 3.63) is 36.7 Å². The van der Waals surface area contributed by atoms with Gasteiger partial charge in [0.1, 0.15) is 5.82 Å². The Kier molecular flexibility index (Phi) is 4.34. The molecule has 134 valence electrons. The summed E-state index contributed by atoms with van der Waals surface area (Å²) in [6.07, 6.45) is 7.66. The van der Waals surface area contributed by atoms with Gasteiger partial charge in [0.05, 0.1) is 17.0 Å². The molecule has 0 radical (unpaired) electrons. The zero-order valence-corrected chi connectivity index (χ0v) is 14.1. The van der Waals surface area contributed by atoms with E-state index in [4.69, 9.17) is 5.73 Å². The van der Waals surface area contributed by atoms with Crippen LogP contribution in [0.4, 0.5) is 16.2 Å². The first-order valence-corrected chi connectivity index (χ1v) is 8.58. The normalized spacial score (nSPS) is 20.2. The van der Waals surface area contributed by atoms with Gasteiger partial charge in [-0.2, -0.15) is 4.39 Å². The van der Waals surface area contributed by atoms with Crippen molar-refractivity contribution < 1.29 is 9.50 Å². The number of halogens is 1. The number of aromatic nitrogens is 4. The fraction of sp³-hybridized carbons (Fsp3) is 0.333. The Morgan fingerprint density at radius 2 is 1.92 bits per heavy atom. The Balaban J connectivity index is 1.72. The van der Waals surface area contributed by atoms with Crippen LogP contribution in [0.25, 0.3) is 22.0 Å². The number of hydrogen-bond acceptors (Lipinski definition) is 7. The van der Waals surface area contributed by atoms with Crippen molar-refractivity contribution in [3.63, 3.8) is 0 Å². The number of nitrogens with one attached hydrogen (secondary N) is 1. The van der Waals surface area contributed by atoms with Crippen molar-refractivity contribution in [3.8, 4) is 11.1 Å². The molecule has 0 saturated heterocycles. The van der Waals surface area contributed by atoms with Crippen molar-refractivity contribution in [1.29, 1.82) is 0 Å². The highest BCUT2D eigenvalue weighted by Crippen LogP contribution is 2.30. The lowest BCUT2D eigenvalue weighted by Crippen LogP contribution is -2.28. The van der Waals surface area contributed by atoms with E-state index in [-0.39, 0.29) is 12.1 Å². The van der Waals surface area contributed by atoms with Crippen LogP contribution in [0.2, 0.25) is 0 Å². The van der Waals surface area contributed by atoms with Crippen LogP contribution in [0.1, 0.15) is 25.7 Å². The zero-order valence-electron chi connectivity index (χ0n) is 14.1. The van der Waals surface area contributed by atoms with E-state index in [0.717, 1.165) is 25.7 Å². The molecule has 0 amide bonds. The van der Waals surface area contributed by atoms with E-state index in [9.17, 15) is 9.50 Å². The first-order valence-electron chi connectivity index (χ1n) is 8.58. The van der Waals surface area contributed by atoms with Gasteiger partial charge in [0.25, 0.3) is 0 Å². The summed E-state index contributed by atoms with van der Waals surface area (Å²) >= 11 is 0. The molecule has 1 aliphatic carbocycles. The molecule has 0 spiro atoms. The first-order chi connectivity index (χ1) is 12.6. The number of nitrogens with zero attached hydrogens (tertiary/aromatic N) is 4. The van der Waals surface area contributed by atoms with Gasteiger partial charge in [0, 0.05) is 36.3 Å². The Morgan fingerprint density at radius 1 is 1.12 bits per heavy atom. The van der Waals surface area contributed by atoms with E-state index in [1.165, 1.54) is 12.3 Å². The highest BCUT2D eigenvalue weighted by Gasteiger charge is 2.20. The molecule has 8 heteroatoms. The Hall–Kier alpha value is -2.87. The van der Waals surface area contributed by atoms with Crippen LogP contribution in [0.5, 0.6) is 0 Å². The van der Waals surface area contributed by atoms with Crippen molar-refractivity contribution in [2.75, 3.05) is 11.1 Å². The number of rotatable bonds is 3. The first kappa shape index (κ1) is 16.6. The summed E-state index contributed by atoms with van der Waals surface area (Å²) < 4.78 is 13.5. The van der Waals surface area contributed by atoms with Gasteiger partial charge in [-0.15, -0.1) is 0 Å². The smallest absolute Gasteiger partial charge is 0.223 e. The second kappa shape index (κ2) is 6.80. The van der Waals surface area contributed by atoms with Crippen LogP contribution < -0.4 is 11.1 Å².